The fourth-order valence-electron chi connectivity index (χ4n) is 3.09. The Labute approximate surface area is 129 Å². The molecule has 0 bridgehead atoms. The second-order valence-electron chi connectivity index (χ2n) is 6.01. The van der Waals surface area contributed by atoms with Crippen LogP contribution in [0.3, 0.4) is 0 Å². The Morgan fingerprint density at radius 2 is 2.00 bits per heavy atom. The predicted octanol–water partition coefficient (Wildman–Crippen LogP) is 1.10. The van der Waals surface area contributed by atoms with Crippen LogP contribution in [0.5, 0.6) is 0 Å². The number of anilines is 2. The molecule has 0 aliphatic carbocycles. The summed E-state index contributed by atoms with van der Waals surface area (Å²) < 4.78 is 0. The molecule has 3 rings (SSSR count). The number of thiazole rings is 1. The number of hydrogen-bond acceptors (Lipinski definition) is 6. The van der Waals surface area contributed by atoms with Gasteiger partial charge in [0.25, 0.3) is 5.91 Å². The first-order chi connectivity index (χ1) is 10.1. The van der Waals surface area contributed by atoms with Gasteiger partial charge in [-0.2, -0.15) is 0 Å². The average molecular weight is 309 g/mol. The molecule has 21 heavy (non-hydrogen) atoms. The zero-order valence-corrected chi connectivity index (χ0v) is 13.5. The molecule has 2 aliphatic rings. The zero-order chi connectivity index (χ0) is 15.0. The lowest BCUT2D eigenvalue weighted by molar-refractivity contribution is 0.0539. The number of likely N-dealkylation sites (N-methyl/N-ethyl adjacent to an activating group) is 1. The largest absolute Gasteiger partial charge is 0.382 e. The Balaban J connectivity index is 1.78. The summed E-state index contributed by atoms with van der Waals surface area (Å²) in [5.41, 5.74) is 6.00. The minimum Gasteiger partial charge on any atom is -0.382 e. The Morgan fingerprint density at radius 3 is 2.67 bits per heavy atom. The minimum atomic E-state index is 0.0380. The smallest absolute Gasteiger partial charge is 0.268 e. The van der Waals surface area contributed by atoms with E-state index in [9.17, 15) is 4.79 Å². The van der Waals surface area contributed by atoms with Crippen molar-refractivity contribution in [2.75, 3.05) is 50.4 Å². The van der Waals surface area contributed by atoms with Crippen molar-refractivity contribution in [3.63, 3.8) is 0 Å². The number of piperazine rings is 1. The highest BCUT2D eigenvalue weighted by molar-refractivity contribution is 7.18. The first-order valence-corrected chi connectivity index (χ1v) is 8.38. The molecule has 2 fully saturated rings. The monoisotopic (exact) mass is 309 g/mol. The van der Waals surface area contributed by atoms with Gasteiger partial charge < -0.3 is 20.4 Å². The van der Waals surface area contributed by atoms with Crippen LogP contribution in [0.25, 0.3) is 0 Å². The Morgan fingerprint density at radius 1 is 1.29 bits per heavy atom. The highest BCUT2D eigenvalue weighted by Crippen LogP contribution is 2.31. The molecule has 6 nitrogen and oxygen atoms in total. The molecule has 2 aliphatic heterocycles. The highest BCUT2D eigenvalue weighted by Gasteiger charge is 2.30. The lowest BCUT2D eigenvalue weighted by atomic mass is 10.2. The number of rotatable bonds is 2. The molecule has 1 unspecified atom stereocenters. The van der Waals surface area contributed by atoms with Gasteiger partial charge >= 0.3 is 0 Å². The topological polar surface area (TPSA) is 65.7 Å². The molecule has 1 aromatic rings. The van der Waals surface area contributed by atoms with Gasteiger partial charge in [0, 0.05) is 38.8 Å². The summed E-state index contributed by atoms with van der Waals surface area (Å²) in [4.78, 5) is 24.2. The van der Waals surface area contributed by atoms with Crippen LogP contribution in [0.4, 0.5) is 10.9 Å². The molecule has 0 saturated carbocycles. The molecule has 3 heterocycles. The van der Waals surface area contributed by atoms with Crippen molar-refractivity contribution < 1.29 is 4.79 Å². The van der Waals surface area contributed by atoms with Crippen LogP contribution in [0.2, 0.25) is 0 Å². The van der Waals surface area contributed by atoms with Gasteiger partial charge in [-0.05, 0) is 26.8 Å². The van der Waals surface area contributed by atoms with Gasteiger partial charge in [0.2, 0.25) is 0 Å². The quantitative estimate of drug-likeness (QED) is 0.886. The molecule has 0 radical (unpaired) electrons. The number of nitrogen functional groups attached to an aromatic ring is 1. The van der Waals surface area contributed by atoms with E-state index in [0.29, 0.717) is 10.7 Å². The number of nitrogens with two attached hydrogens (primary N) is 1. The second kappa shape index (κ2) is 5.81. The molecule has 1 atom stereocenters. The fraction of sp³-hybridized carbons (Fsp3) is 0.714. The lowest BCUT2D eigenvalue weighted by Crippen LogP contribution is -2.52. The van der Waals surface area contributed by atoms with E-state index >= 15 is 0 Å². The Bertz CT molecular complexity index is 525. The van der Waals surface area contributed by atoms with E-state index < -0.39 is 0 Å². The van der Waals surface area contributed by atoms with Crippen LogP contribution >= 0.6 is 11.3 Å². The third kappa shape index (κ3) is 2.85. The van der Waals surface area contributed by atoms with Crippen molar-refractivity contribution >= 4 is 28.2 Å². The highest BCUT2D eigenvalue weighted by atomic mass is 32.1. The molecule has 0 spiro atoms. The Hall–Kier alpha value is -1.34. The van der Waals surface area contributed by atoms with Crippen LogP contribution in [0.15, 0.2) is 0 Å². The maximum absolute atomic E-state index is 12.7. The van der Waals surface area contributed by atoms with E-state index in [2.05, 4.69) is 28.8 Å². The van der Waals surface area contributed by atoms with E-state index in [1.165, 1.54) is 24.2 Å². The van der Waals surface area contributed by atoms with Crippen LogP contribution in [0, 0.1) is 0 Å². The fourth-order valence-corrected chi connectivity index (χ4v) is 4.08. The predicted molar refractivity (Wildman–Crippen MR) is 86.0 cm³/mol. The number of aromatic nitrogens is 1. The molecule has 0 aromatic carbocycles. The van der Waals surface area contributed by atoms with Crippen LogP contribution in [-0.2, 0) is 0 Å². The van der Waals surface area contributed by atoms with Gasteiger partial charge in [-0.1, -0.05) is 11.3 Å². The average Bonchev–Trinajstić information content (AvgIpc) is 3.07. The van der Waals surface area contributed by atoms with Crippen molar-refractivity contribution in [1.82, 2.24) is 14.8 Å². The van der Waals surface area contributed by atoms with Crippen molar-refractivity contribution in [3.05, 3.63) is 4.88 Å². The number of carbonyl (C=O) groups is 1. The zero-order valence-electron chi connectivity index (χ0n) is 12.7. The maximum atomic E-state index is 12.7. The van der Waals surface area contributed by atoms with Crippen molar-refractivity contribution in [1.29, 1.82) is 0 Å². The summed E-state index contributed by atoms with van der Waals surface area (Å²) in [5, 5.41) is 0.898. The molecule has 1 aromatic heterocycles. The first-order valence-electron chi connectivity index (χ1n) is 7.57. The molecule has 7 heteroatoms. The van der Waals surface area contributed by atoms with Gasteiger partial charge in [-0.25, -0.2) is 4.98 Å². The molecular weight excluding hydrogens is 286 g/mol. The van der Waals surface area contributed by atoms with Crippen molar-refractivity contribution in [2.45, 2.75) is 25.8 Å². The van der Waals surface area contributed by atoms with Gasteiger partial charge in [0.05, 0.1) is 0 Å². The van der Waals surface area contributed by atoms with Crippen LogP contribution in [0.1, 0.15) is 29.4 Å². The van der Waals surface area contributed by atoms with E-state index in [-0.39, 0.29) is 11.9 Å². The number of nitrogens with zero attached hydrogens (tertiary/aromatic N) is 4. The lowest BCUT2D eigenvalue weighted by Gasteiger charge is -2.38. The van der Waals surface area contributed by atoms with E-state index in [0.717, 1.165) is 37.9 Å². The normalized spacial score (nSPS) is 23.8. The third-order valence-corrected chi connectivity index (χ3v) is 5.42. The van der Waals surface area contributed by atoms with E-state index in [4.69, 9.17) is 5.73 Å². The van der Waals surface area contributed by atoms with Crippen molar-refractivity contribution in [2.24, 2.45) is 0 Å². The van der Waals surface area contributed by atoms with Crippen LogP contribution < -0.4 is 10.6 Å². The standard InChI is InChI=1S/C14H23N5OS/c1-10-9-17(2)7-8-19(10)13(20)11-12(15)16-14(21-11)18-5-3-4-6-18/h10H,3-9,15H2,1-2H3. The Kier molecular flexibility index (Phi) is 4.03. The molecular formula is C14H23N5OS. The molecule has 116 valence electrons. The summed E-state index contributed by atoms with van der Waals surface area (Å²) in [5.74, 6) is 0.425. The molecule has 2 saturated heterocycles. The number of carbonyl (C=O) groups excluding carboxylic acids is 1. The van der Waals surface area contributed by atoms with Gasteiger partial charge in [-0.15, -0.1) is 0 Å². The van der Waals surface area contributed by atoms with Gasteiger partial charge in [0.15, 0.2) is 5.13 Å². The number of hydrogen-bond donors (Lipinski definition) is 1. The van der Waals surface area contributed by atoms with Crippen LogP contribution in [-0.4, -0.2) is 66.5 Å². The SMILES string of the molecule is CC1CN(C)CCN1C(=O)c1sc(N2CCCC2)nc1N. The van der Waals surface area contributed by atoms with Gasteiger partial charge in [-0.3, -0.25) is 4.79 Å². The van der Waals surface area contributed by atoms with Crippen molar-refractivity contribution in [3.8, 4) is 0 Å². The summed E-state index contributed by atoms with van der Waals surface area (Å²) in [6.07, 6.45) is 2.39. The maximum Gasteiger partial charge on any atom is 0.268 e. The third-order valence-electron chi connectivity index (χ3n) is 4.30. The van der Waals surface area contributed by atoms with E-state index in [1.54, 1.807) is 0 Å². The minimum absolute atomic E-state index is 0.0380. The summed E-state index contributed by atoms with van der Waals surface area (Å²) in [6, 6.07) is 0.216. The summed E-state index contributed by atoms with van der Waals surface area (Å²) in [6.45, 7) is 6.70. The second-order valence-corrected chi connectivity index (χ2v) is 6.99. The first kappa shape index (κ1) is 14.6. The molecule has 1 amide bonds. The molecule has 2 N–H and O–H groups in total. The van der Waals surface area contributed by atoms with Gasteiger partial charge in [0.1, 0.15) is 10.7 Å². The summed E-state index contributed by atoms with van der Waals surface area (Å²) >= 11 is 1.45. The number of amides is 1. The van der Waals surface area contributed by atoms with E-state index in [1.807, 2.05) is 4.90 Å². The summed E-state index contributed by atoms with van der Waals surface area (Å²) in [7, 11) is 2.09.